The normalized spacial score (nSPS) is 11.5. The third-order valence-electron chi connectivity index (χ3n) is 4.16. The highest BCUT2D eigenvalue weighted by Crippen LogP contribution is 2.37. The Hall–Kier alpha value is -3.22. The molecule has 2 rings (SSSR count). The molecule has 0 radical (unpaired) electrons. The Bertz CT molecular complexity index is 853. The Morgan fingerprint density at radius 1 is 0.900 bits per heavy atom. The highest BCUT2D eigenvalue weighted by Gasteiger charge is 2.19. The Balaban J connectivity index is 2.33. The summed E-state index contributed by atoms with van der Waals surface area (Å²) in [6.45, 7) is 10.2. The third-order valence-corrected chi connectivity index (χ3v) is 4.16. The number of anilines is 2. The van der Waals surface area contributed by atoms with Crippen molar-refractivity contribution in [2.75, 3.05) is 23.8 Å². The van der Waals surface area contributed by atoms with Crippen molar-refractivity contribution >= 4 is 23.2 Å². The first kappa shape index (κ1) is 23.1. The molecular formula is C23H31N3O4. The average Bonchev–Trinajstić information content (AvgIpc) is 2.71. The predicted molar refractivity (Wildman–Crippen MR) is 120 cm³/mol. The number of ether oxygens (including phenoxy) is 2. The fourth-order valence-corrected chi connectivity index (χ4v) is 2.81. The highest BCUT2D eigenvalue weighted by molar-refractivity contribution is 6.05. The quantitative estimate of drug-likeness (QED) is 0.547. The van der Waals surface area contributed by atoms with E-state index in [1.165, 1.54) is 0 Å². The van der Waals surface area contributed by atoms with E-state index in [4.69, 9.17) is 9.47 Å². The summed E-state index contributed by atoms with van der Waals surface area (Å²) in [5.74, 6) is 0.647. The third kappa shape index (κ3) is 6.40. The van der Waals surface area contributed by atoms with Gasteiger partial charge in [-0.1, -0.05) is 18.2 Å². The van der Waals surface area contributed by atoms with Crippen molar-refractivity contribution in [1.29, 1.82) is 0 Å². The van der Waals surface area contributed by atoms with Crippen LogP contribution in [0.5, 0.6) is 11.5 Å². The molecule has 2 amide bonds. The van der Waals surface area contributed by atoms with E-state index in [0.717, 1.165) is 0 Å². The second kappa shape index (κ2) is 11.1. The van der Waals surface area contributed by atoms with Crippen molar-refractivity contribution < 1.29 is 19.1 Å². The van der Waals surface area contributed by atoms with Crippen molar-refractivity contribution in [3.8, 4) is 11.5 Å². The van der Waals surface area contributed by atoms with Crippen LogP contribution in [0.2, 0.25) is 0 Å². The van der Waals surface area contributed by atoms with E-state index in [0.29, 0.717) is 41.7 Å². The number of carbonyl (C=O) groups excluding carboxylic acids is 2. The summed E-state index contributed by atoms with van der Waals surface area (Å²) in [4.78, 5) is 24.9. The smallest absolute Gasteiger partial charge is 0.255 e. The van der Waals surface area contributed by atoms with Gasteiger partial charge in [-0.3, -0.25) is 9.59 Å². The van der Waals surface area contributed by atoms with Crippen LogP contribution in [-0.2, 0) is 4.79 Å². The van der Waals surface area contributed by atoms with Gasteiger partial charge in [-0.25, -0.2) is 0 Å². The van der Waals surface area contributed by atoms with Crippen LogP contribution in [0.1, 0.15) is 45.0 Å². The van der Waals surface area contributed by atoms with Gasteiger partial charge in [0.15, 0.2) is 0 Å². The summed E-state index contributed by atoms with van der Waals surface area (Å²) in [5, 5.41) is 8.95. The lowest BCUT2D eigenvalue weighted by molar-refractivity contribution is -0.122. The molecule has 7 nitrogen and oxygen atoms in total. The molecule has 0 saturated heterocycles. The fraction of sp³-hybridized carbons (Fsp3) is 0.391. The molecular weight excluding hydrogens is 382 g/mol. The van der Waals surface area contributed by atoms with Gasteiger partial charge in [0.2, 0.25) is 5.91 Å². The van der Waals surface area contributed by atoms with Gasteiger partial charge >= 0.3 is 0 Å². The van der Waals surface area contributed by atoms with Crippen molar-refractivity contribution in [2.45, 2.75) is 46.7 Å². The number of carbonyl (C=O) groups is 2. The van der Waals surface area contributed by atoms with Gasteiger partial charge in [0.25, 0.3) is 5.91 Å². The molecule has 0 spiro atoms. The summed E-state index contributed by atoms with van der Waals surface area (Å²) in [6, 6.07) is 12.0. The number of nitrogens with one attached hydrogen (secondary N) is 3. The van der Waals surface area contributed by atoms with Crippen LogP contribution < -0.4 is 25.4 Å². The van der Waals surface area contributed by atoms with Gasteiger partial charge in [-0.2, -0.15) is 0 Å². The number of hydrogen-bond donors (Lipinski definition) is 3. The first-order valence-corrected chi connectivity index (χ1v) is 10.2. The van der Waals surface area contributed by atoms with Crippen LogP contribution in [0, 0.1) is 0 Å². The topological polar surface area (TPSA) is 88.7 Å². The van der Waals surface area contributed by atoms with Crippen LogP contribution >= 0.6 is 0 Å². The van der Waals surface area contributed by atoms with Gasteiger partial charge < -0.3 is 25.4 Å². The zero-order valence-electron chi connectivity index (χ0n) is 18.2. The maximum Gasteiger partial charge on any atom is 0.255 e. The average molecular weight is 414 g/mol. The second-order valence-corrected chi connectivity index (χ2v) is 7.06. The number of rotatable bonds is 10. The molecule has 0 saturated carbocycles. The second-order valence-electron chi connectivity index (χ2n) is 7.06. The molecule has 7 heteroatoms. The van der Waals surface area contributed by atoms with Crippen molar-refractivity contribution in [3.63, 3.8) is 0 Å². The number of amides is 2. The molecule has 0 aliphatic heterocycles. The highest BCUT2D eigenvalue weighted by atomic mass is 16.5. The van der Waals surface area contributed by atoms with E-state index >= 15 is 0 Å². The molecule has 0 fully saturated rings. The van der Waals surface area contributed by atoms with E-state index in [1.807, 2.05) is 33.8 Å². The van der Waals surface area contributed by atoms with Crippen LogP contribution in [0.3, 0.4) is 0 Å². The molecule has 2 aromatic rings. The summed E-state index contributed by atoms with van der Waals surface area (Å²) in [6.07, 6.45) is 0. The molecule has 30 heavy (non-hydrogen) atoms. The van der Waals surface area contributed by atoms with Crippen LogP contribution in [-0.4, -0.2) is 37.1 Å². The Morgan fingerprint density at radius 3 is 2.03 bits per heavy atom. The minimum atomic E-state index is -0.481. The lowest BCUT2D eigenvalue weighted by Crippen LogP contribution is -2.41. The van der Waals surface area contributed by atoms with E-state index in [9.17, 15) is 9.59 Å². The monoisotopic (exact) mass is 413 g/mol. The van der Waals surface area contributed by atoms with E-state index < -0.39 is 6.04 Å². The summed E-state index contributed by atoms with van der Waals surface area (Å²) < 4.78 is 11.5. The van der Waals surface area contributed by atoms with Crippen molar-refractivity contribution in [3.05, 3.63) is 48.0 Å². The van der Waals surface area contributed by atoms with Crippen LogP contribution in [0.25, 0.3) is 0 Å². The first-order valence-electron chi connectivity index (χ1n) is 10.2. The van der Waals surface area contributed by atoms with Crippen LogP contribution in [0.15, 0.2) is 42.5 Å². The summed E-state index contributed by atoms with van der Waals surface area (Å²) >= 11 is 0. The first-order chi connectivity index (χ1) is 14.3. The summed E-state index contributed by atoms with van der Waals surface area (Å²) in [7, 11) is 0. The lowest BCUT2D eigenvalue weighted by Gasteiger charge is -2.21. The lowest BCUT2D eigenvalue weighted by atomic mass is 10.1. The maximum atomic E-state index is 12.6. The zero-order chi connectivity index (χ0) is 22.1. The van der Waals surface area contributed by atoms with E-state index in [-0.39, 0.29) is 17.9 Å². The SMILES string of the molecule is CCOc1cc(N[C@H](C)C(=O)NC(C)C)c(OCC)cc1NC(=O)c1ccccc1. The van der Waals surface area contributed by atoms with Crippen molar-refractivity contribution in [1.82, 2.24) is 5.32 Å². The van der Waals surface area contributed by atoms with Gasteiger partial charge in [0, 0.05) is 23.7 Å². The molecule has 0 unspecified atom stereocenters. The molecule has 162 valence electrons. The minimum absolute atomic E-state index is 0.0441. The van der Waals surface area contributed by atoms with Crippen LogP contribution in [0.4, 0.5) is 11.4 Å². The predicted octanol–water partition coefficient (Wildman–Crippen LogP) is 4.06. The molecule has 0 bridgehead atoms. The summed E-state index contributed by atoms with van der Waals surface area (Å²) in [5.41, 5.74) is 1.66. The van der Waals surface area contributed by atoms with E-state index in [2.05, 4.69) is 16.0 Å². The molecule has 0 aliphatic rings. The molecule has 3 N–H and O–H groups in total. The molecule has 0 heterocycles. The van der Waals surface area contributed by atoms with E-state index in [1.54, 1.807) is 43.3 Å². The van der Waals surface area contributed by atoms with Gasteiger partial charge in [-0.05, 0) is 46.8 Å². The Kier molecular flexibility index (Phi) is 8.53. The largest absolute Gasteiger partial charge is 0.492 e. The van der Waals surface area contributed by atoms with Gasteiger partial charge in [0.05, 0.1) is 24.6 Å². The molecule has 2 aromatic carbocycles. The minimum Gasteiger partial charge on any atom is -0.492 e. The van der Waals surface area contributed by atoms with Crippen molar-refractivity contribution in [2.24, 2.45) is 0 Å². The standard InChI is InChI=1S/C23H31N3O4/c1-6-29-20-14-19(26-23(28)17-11-9-8-10-12-17)21(30-7-2)13-18(20)25-16(5)22(27)24-15(3)4/h8-16,25H,6-7H2,1-5H3,(H,24,27)(H,26,28)/t16-/m1/s1. The maximum absolute atomic E-state index is 12.6. The molecule has 1 atom stereocenters. The Morgan fingerprint density at radius 2 is 1.47 bits per heavy atom. The van der Waals surface area contributed by atoms with Gasteiger partial charge in [-0.15, -0.1) is 0 Å². The van der Waals surface area contributed by atoms with Gasteiger partial charge in [0.1, 0.15) is 17.5 Å². The zero-order valence-corrected chi connectivity index (χ0v) is 18.2. The molecule has 0 aliphatic carbocycles. The number of benzene rings is 2. The Labute approximate surface area is 178 Å². The number of hydrogen-bond acceptors (Lipinski definition) is 5. The molecule has 0 aromatic heterocycles. The fourth-order valence-electron chi connectivity index (χ4n) is 2.81.